The van der Waals surface area contributed by atoms with Crippen LogP contribution in [0.1, 0.15) is 18.9 Å². The van der Waals surface area contributed by atoms with Crippen molar-refractivity contribution in [2.24, 2.45) is 5.92 Å². The van der Waals surface area contributed by atoms with Crippen molar-refractivity contribution in [3.8, 4) is 0 Å². The highest BCUT2D eigenvalue weighted by Crippen LogP contribution is 2.19. The van der Waals surface area contributed by atoms with Gasteiger partial charge in [-0.15, -0.1) is 0 Å². The number of piperidine rings is 1. The van der Waals surface area contributed by atoms with Crippen molar-refractivity contribution in [2.45, 2.75) is 26.4 Å². The van der Waals surface area contributed by atoms with E-state index in [4.69, 9.17) is 5.73 Å². The molecule has 1 aliphatic rings. The lowest BCUT2D eigenvalue weighted by Gasteiger charge is -2.33. The average Bonchev–Trinajstić information content (AvgIpc) is 2.37. The second kappa shape index (κ2) is 6.24. The number of benzene rings is 1. The fraction of sp³-hybridized carbons (Fsp3) is 0.533. The summed E-state index contributed by atoms with van der Waals surface area (Å²) in [6.07, 6.45) is 0.490. The number of likely N-dealkylation sites (tertiary alicyclic amines) is 1. The maximum absolute atomic E-state index is 12.1. The molecule has 1 saturated heterocycles. The van der Waals surface area contributed by atoms with E-state index in [1.807, 2.05) is 26.0 Å². The fourth-order valence-corrected chi connectivity index (χ4v) is 2.58. The number of nitrogens with one attached hydrogen (secondary N) is 1. The summed E-state index contributed by atoms with van der Waals surface area (Å²) in [4.78, 5) is 14.1. The maximum atomic E-state index is 12.1. The van der Waals surface area contributed by atoms with Crippen LogP contribution in [0.5, 0.6) is 0 Å². The number of nitrogens with zero attached hydrogens (tertiary/aromatic N) is 1. The topological polar surface area (TPSA) is 78.6 Å². The average molecular weight is 277 g/mol. The van der Waals surface area contributed by atoms with Crippen LogP contribution in [0, 0.1) is 12.8 Å². The van der Waals surface area contributed by atoms with E-state index < -0.39 is 0 Å². The number of nitrogens with two attached hydrogens (primary N) is 1. The summed E-state index contributed by atoms with van der Waals surface area (Å²) in [5, 5.41) is 12.6. The smallest absolute Gasteiger partial charge is 0.238 e. The van der Waals surface area contributed by atoms with E-state index in [-0.39, 0.29) is 17.9 Å². The van der Waals surface area contributed by atoms with Crippen LogP contribution >= 0.6 is 0 Å². The molecule has 2 rings (SSSR count). The van der Waals surface area contributed by atoms with Gasteiger partial charge in [0.2, 0.25) is 5.91 Å². The van der Waals surface area contributed by atoms with Gasteiger partial charge < -0.3 is 16.2 Å². The van der Waals surface area contributed by atoms with Crippen LogP contribution < -0.4 is 11.1 Å². The number of aryl methyl sites for hydroxylation is 1. The Bertz CT molecular complexity index is 490. The predicted octanol–water partition coefficient (Wildman–Crippen LogP) is 1.22. The number of carbonyl (C=O) groups is 1. The molecule has 0 bridgehead atoms. The van der Waals surface area contributed by atoms with Gasteiger partial charge in [-0.05, 0) is 43.0 Å². The quantitative estimate of drug-likeness (QED) is 0.726. The van der Waals surface area contributed by atoms with Gasteiger partial charge in [0.1, 0.15) is 0 Å². The monoisotopic (exact) mass is 277 g/mol. The lowest BCUT2D eigenvalue weighted by atomic mass is 9.97. The van der Waals surface area contributed by atoms with E-state index in [2.05, 4.69) is 10.2 Å². The third-order valence-corrected chi connectivity index (χ3v) is 3.84. The Morgan fingerprint density at radius 1 is 1.55 bits per heavy atom. The molecule has 20 heavy (non-hydrogen) atoms. The molecule has 5 nitrogen and oxygen atoms in total. The largest absolute Gasteiger partial charge is 0.399 e. The molecule has 1 fully saturated rings. The molecule has 1 aromatic rings. The molecule has 0 saturated carbocycles. The molecule has 1 aliphatic heterocycles. The first kappa shape index (κ1) is 14.8. The van der Waals surface area contributed by atoms with Gasteiger partial charge in [0.05, 0.1) is 12.6 Å². The Kier molecular flexibility index (Phi) is 4.62. The molecule has 1 aromatic carbocycles. The minimum absolute atomic E-state index is 0.0264. The number of anilines is 2. The molecule has 1 heterocycles. The van der Waals surface area contributed by atoms with Gasteiger partial charge in [-0.25, -0.2) is 0 Å². The van der Waals surface area contributed by atoms with Crippen LogP contribution in [0.25, 0.3) is 0 Å². The van der Waals surface area contributed by atoms with E-state index in [1.54, 1.807) is 6.07 Å². The molecule has 2 atom stereocenters. The third-order valence-electron chi connectivity index (χ3n) is 3.84. The zero-order chi connectivity index (χ0) is 14.7. The highest BCUT2D eigenvalue weighted by atomic mass is 16.3. The fourth-order valence-electron chi connectivity index (χ4n) is 2.58. The minimum Gasteiger partial charge on any atom is -0.399 e. The third kappa shape index (κ3) is 3.71. The second-order valence-electron chi connectivity index (χ2n) is 5.69. The van der Waals surface area contributed by atoms with Crippen molar-refractivity contribution < 1.29 is 9.90 Å². The number of rotatable bonds is 3. The zero-order valence-electron chi connectivity index (χ0n) is 12.1. The standard InChI is InChI=1S/C15H23N3O2/c1-10-7-12(16)3-4-13(10)17-15(20)9-18-6-5-14(19)11(2)8-18/h3-4,7,11,14,19H,5-6,8-9,16H2,1-2H3,(H,17,20). The minimum atomic E-state index is -0.242. The molecule has 0 radical (unpaired) electrons. The summed E-state index contributed by atoms with van der Waals surface area (Å²) in [7, 11) is 0. The first-order valence-electron chi connectivity index (χ1n) is 7.02. The maximum Gasteiger partial charge on any atom is 0.238 e. The molecule has 5 heteroatoms. The van der Waals surface area contributed by atoms with E-state index in [9.17, 15) is 9.90 Å². The van der Waals surface area contributed by atoms with Gasteiger partial charge in [0.25, 0.3) is 0 Å². The number of aliphatic hydroxyl groups is 1. The first-order chi connectivity index (χ1) is 9.45. The molecule has 1 amide bonds. The van der Waals surface area contributed by atoms with Gasteiger partial charge in [-0.1, -0.05) is 6.92 Å². The Labute approximate surface area is 119 Å². The Balaban J connectivity index is 1.89. The Morgan fingerprint density at radius 3 is 2.95 bits per heavy atom. The van der Waals surface area contributed by atoms with Crippen molar-refractivity contribution in [1.29, 1.82) is 0 Å². The van der Waals surface area contributed by atoms with Crippen molar-refractivity contribution in [1.82, 2.24) is 4.90 Å². The molecular weight excluding hydrogens is 254 g/mol. The lowest BCUT2D eigenvalue weighted by Crippen LogP contribution is -2.45. The van der Waals surface area contributed by atoms with Crippen LogP contribution in [-0.2, 0) is 4.79 Å². The van der Waals surface area contributed by atoms with Crippen LogP contribution in [0.15, 0.2) is 18.2 Å². The molecule has 110 valence electrons. The number of aliphatic hydroxyl groups excluding tert-OH is 1. The van der Waals surface area contributed by atoms with Gasteiger partial charge in [0, 0.05) is 24.5 Å². The number of carbonyl (C=O) groups excluding carboxylic acids is 1. The van der Waals surface area contributed by atoms with E-state index in [0.717, 1.165) is 30.8 Å². The van der Waals surface area contributed by atoms with Gasteiger partial charge >= 0.3 is 0 Å². The lowest BCUT2D eigenvalue weighted by molar-refractivity contribution is -0.118. The molecule has 0 spiro atoms. The second-order valence-corrected chi connectivity index (χ2v) is 5.69. The van der Waals surface area contributed by atoms with Crippen molar-refractivity contribution >= 4 is 17.3 Å². The number of hydrogen-bond donors (Lipinski definition) is 3. The zero-order valence-corrected chi connectivity index (χ0v) is 12.1. The number of amides is 1. The first-order valence-corrected chi connectivity index (χ1v) is 7.02. The summed E-state index contributed by atoms with van der Waals surface area (Å²) in [5.74, 6) is 0.191. The van der Waals surface area contributed by atoms with Gasteiger partial charge in [-0.3, -0.25) is 9.69 Å². The van der Waals surface area contributed by atoms with Crippen LogP contribution in [-0.4, -0.2) is 41.7 Å². The van der Waals surface area contributed by atoms with Crippen molar-refractivity contribution in [3.05, 3.63) is 23.8 Å². The SMILES string of the molecule is Cc1cc(N)ccc1NC(=O)CN1CCC(O)C(C)C1. The van der Waals surface area contributed by atoms with Crippen LogP contribution in [0.4, 0.5) is 11.4 Å². The molecule has 4 N–H and O–H groups in total. The van der Waals surface area contributed by atoms with E-state index in [1.165, 1.54) is 0 Å². The number of hydrogen-bond acceptors (Lipinski definition) is 4. The molecular formula is C15H23N3O2. The Morgan fingerprint density at radius 2 is 2.30 bits per heavy atom. The highest BCUT2D eigenvalue weighted by Gasteiger charge is 2.25. The summed E-state index contributed by atoms with van der Waals surface area (Å²) in [6, 6.07) is 5.45. The van der Waals surface area contributed by atoms with E-state index >= 15 is 0 Å². The summed E-state index contributed by atoms with van der Waals surface area (Å²) >= 11 is 0. The summed E-state index contributed by atoms with van der Waals surface area (Å²) < 4.78 is 0. The molecule has 0 aliphatic carbocycles. The summed E-state index contributed by atoms with van der Waals surface area (Å²) in [6.45, 7) is 5.82. The number of nitrogen functional groups attached to an aromatic ring is 1. The van der Waals surface area contributed by atoms with Gasteiger partial charge in [-0.2, -0.15) is 0 Å². The normalized spacial score (nSPS) is 23.6. The summed E-state index contributed by atoms with van der Waals surface area (Å²) in [5.41, 5.74) is 8.14. The van der Waals surface area contributed by atoms with Crippen molar-refractivity contribution in [3.63, 3.8) is 0 Å². The van der Waals surface area contributed by atoms with Crippen LogP contribution in [0.2, 0.25) is 0 Å². The van der Waals surface area contributed by atoms with Gasteiger partial charge in [0.15, 0.2) is 0 Å². The highest BCUT2D eigenvalue weighted by molar-refractivity contribution is 5.93. The Hall–Kier alpha value is -1.59. The van der Waals surface area contributed by atoms with Crippen molar-refractivity contribution in [2.75, 3.05) is 30.7 Å². The molecule has 2 unspecified atom stereocenters. The van der Waals surface area contributed by atoms with Crippen LogP contribution in [0.3, 0.4) is 0 Å². The predicted molar refractivity (Wildman–Crippen MR) is 80.4 cm³/mol. The molecule has 0 aromatic heterocycles. The van der Waals surface area contributed by atoms with E-state index in [0.29, 0.717) is 12.2 Å².